The Morgan fingerprint density at radius 2 is 1.72 bits per heavy atom. The third-order valence-electron chi connectivity index (χ3n) is 3.32. The number of aromatic nitrogens is 2. The first kappa shape index (κ1) is 16.4. The van der Waals surface area contributed by atoms with Gasteiger partial charge in [0.1, 0.15) is 17.3 Å². The number of rotatable bonds is 6. The van der Waals surface area contributed by atoms with E-state index in [2.05, 4.69) is 15.3 Å². The minimum atomic E-state index is -0.268. The van der Waals surface area contributed by atoms with Crippen molar-refractivity contribution in [2.45, 2.75) is 6.92 Å². The van der Waals surface area contributed by atoms with E-state index in [1.165, 1.54) is 0 Å². The summed E-state index contributed by atoms with van der Waals surface area (Å²) in [6.45, 7) is 1.78. The molecule has 0 fully saturated rings. The molecule has 0 atom stereocenters. The molecular formula is C19H17N3O3. The predicted octanol–water partition coefficient (Wildman–Crippen LogP) is 3.59. The van der Waals surface area contributed by atoms with Crippen LogP contribution in [-0.4, -0.2) is 22.5 Å². The summed E-state index contributed by atoms with van der Waals surface area (Å²) in [7, 11) is 0. The summed E-state index contributed by atoms with van der Waals surface area (Å²) in [5.74, 6) is 1.99. The van der Waals surface area contributed by atoms with Gasteiger partial charge in [0, 0.05) is 18.5 Å². The van der Waals surface area contributed by atoms with E-state index in [9.17, 15) is 4.79 Å². The number of hydrogen-bond acceptors (Lipinski definition) is 5. The van der Waals surface area contributed by atoms with Crippen LogP contribution in [0.2, 0.25) is 0 Å². The molecule has 1 aromatic carbocycles. The van der Waals surface area contributed by atoms with Crippen LogP contribution in [0.4, 0.5) is 5.82 Å². The molecule has 2 heterocycles. The van der Waals surface area contributed by atoms with Gasteiger partial charge in [-0.1, -0.05) is 12.1 Å². The molecule has 0 radical (unpaired) electrons. The van der Waals surface area contributed by atoms with Gasteiger partial charge in [-0.15, -0.1) is 0 Å². The van der Waals surface area contributed by atoms with Gasteiger partial charge < -0.3 is 14.8 Å². The smallest absolute Gasteiger partial charge is 0.263 e. The molecule has 1 amide bonds. The Bertz CT molecular complexity index is 836. The van der Waals surface area contributed by atoms with Gasteiger partial charge in [0.2, 0.25) is 5.88 Å². The third kappa shape index (κ3) is 4.78. The number of nitrogens with zero attached hydrogens (tertiary/aromatic N) is 2. The van der Waals surface area contributed by atoms with Crippen LogP contribution in [0.1, 0.15) is 5.56 Å². The molecule has 0 spiro atoms. The zero-order valence-electron chi connectivity index (χ0n) is 13.7. The average molecular weight is 335 g/mol. The highest BCUT2D eigenvalue weighted by atomic mass is 16.5. The van der Waals surface area contributed by atoms with Gasteiger partial charge in [0.15, 0.2) is 6.61 Å². The molecule has 0 bridgehead atoms. The van der Waals surface area contributed by atoms with Crippen LogP contribution < -0.4 is 14.8 Å². The molecule has 0 aliphatic carbocycles. The first-order valence-electron chi connectivity index (χ1n) is 7.74. The van der Waals surface area contributed by atoms with Crippen molar-refractivity contribution in [1.82, 2.24) is 9.97 Å². The monoisotopic (exact) mass is 335 g/mol. The van der Waals surface area contributed by atoms with Crippen molar-refractivity contribution in [2.24, 2.45) is 0 Å². The second kappa shape index (κ2) is 7.92. The predicted molar refractivity (Wildman–Crippen MR) is 93.9 cm³/mol. The van der Waals surface area contributed by atoms with Crippen LogP contribution in [0.25, 0.3) is 0 Å². The standard InChI is InChI=1S/C19H17N3O3/c1-14-5-4-12-21-19(14)22-17(23)13-24-15-7-9-16(10-8-15)25-18-6-2-3-11-20-18/h2-12H,13H2,1H3,(H,21,22,23). The molecule has 0 saturated carbocycles. The van der Waals surface area contributed by atoms with Crippen molar-refractivity contribution in [3.05, 3.63) is 72.6 Å². The van der Waals surface area contributed by atoms with Gasteiger partial charge in [-0.3, -0.25) is 4.79 Å². The van der Waals surface area contributed by atoms with Crippen molar-refractivity contribution < 1.29 is 14.3 Å². The van der Waals surface area contributed by atoms with Crippen LogP contribution in [0.15, 0.2) is 67.0 Å². The number of aryl methyl sites for hydroxylation is 1. The molecule has 0 aliphatic rings. The van der Waals surface area contributed by atoms with Gasteiger partial charge in [-0.2, -0.15) is 0 Å². The van der Waals surface area contributed by atoms with E-state index in [1.54, 1.807) is 42.7 Å². The number of nitrogens with one attached hydrogen (secondary N) is 1. The van der Waals surface area contributed by atoms with Crippen molar-refractivity contribution in [3.8, 4) is 17.4 Å². The molecule has 3 rings (SSSR count). The van der Waals surface area contributed by atoms with E-state index in [0.29, 0.717) is 23.2 Å². The fraction of sp³-hybridized carbons (Fsp3) is 0.105. The summed E-state index contributed by atoms with van der Waals surface area (Å²) in [4.78, 5) is 20.1. The van der Waals surface area contributed by atoms with Crippen LogP contribution >= 0.6 is 0 Å². The quantitative estimate of drug-likeness (QED) is 0.745. The summed E-state index contributed by atoms with van der Waals surface area (Å²) in [6, 6.07) is 16.1. The number of ether oxygens (including phenoxy) is 2. The van der Waals surface area contributed by atoms with Gasteiger partial charge in [-0.05, 0) is 48.9 Å². The maximum Gasteiger partial charge on any atom is 0.263 e. The highest BCUT2D eigenvalue weighted by molar-refractivity contribution is 5.91. The molecular weight excluding hydrogens is 318 g/mol. The van der Waals surface area contributed by atoms with Crippen LogP contribution in [0.5, 0.6) is 17.4 Å². The Hall–Kier alpha value is -3.41. The molecule has 2 aromatic heterocycles. The number of hydrogen-bond donors (Lipinski definition) is 1. The second-order valence-electron chi connectivity index (χ2n) is 5.25. The minimum Gasteiger partial charge on any atom is -0.484 e. The van der Waals surface area contributed by atoms with Crippen molar-refractivity contribution in [1.29, 1.82) is 0 Å². The first-order valence-corrected chi connectivity index (χ1v) is 7.74. The van der Waals surface area contributed by atoms with E-state index >= 15 is 0 Å². The summed E-state index contributed by atoms with van der Waals surface area (Å²) in [5, 5.41) is 2.72. The Balaban J connectivity index is 1.51. The molecule has 6 nitrogen and oxygen atoms in total. The van der Waals surface area contributed by atoms with Gasteiger partial charge in [-0.25, -0.2) is 9.97 Å². The summed E-state index contributed by atoms with van der Waals surface area (Å²) < 4.78 is 11.1. The topological polar surface area (TPSA) is 73.3 Å². The molecule has 0 aliphatic heterocycles. The lowest BCUT2D eigenvalue weighted by atomic mass is 10.3. The Morgan fingerprint density at radius 1 is 0.960 bits per heavy atom. The Kier molecular flexibility index (Phi) is 5.21. The number of anilines is 1. The normalized spacial score (nSPS) is 10.1. The third-order valence-corrected chi connectivity index (χ3v) is 3.32. The number of pyridine rings is 2. The molecule has 1 N–H and O–H groups in total. The number of carbonyl (C=O) groups is 1. The van der Waals surface area contributed by atoms with Gasteiger partial charge in [0.25, 0.3) is 5.91 Å². The lowest BCUT2D eigenvalue weighted by molar-refractivity contribution is -0.118. The van der Waals surface area contributed by atoms with E-state index in [4.69, 9.17) is 9.47 Å². The Morgan fingerprint density at radius 3 is 2.44 bits per heavy atom. The number of benzene rings is 1. The summed E-state index contributed by atoms with van der Waals surface area (Å²) in [5.41, 5.74) is 0.895. The fourth-order valence-electron chi connectivity index (χ4n) is 2.07. The zero-order chi connectivity index (χ0) is 17.5. The zero-order valence-corrected chi connectivity index (χ0v) is 13.7. The lowest BCUT2D eigenvalue weighted by Gasteiger charge is -2.09. The summed E-state index contributed by atoms with van der Waals surface area (Å²) >= 11 is 0. The Labute approximate surface area is 145 Å². The van der Waals surface area contributed by atoms with Gasteiger partial charge >= 0.3 is 0 Å². The lowest BCUT2D eigenvalue weighted by Crippen LogP contribution is -2.21. The highest BCUT2D eigenvalue weighted by Gasteiger charge is 2.07. The second-order valence-corrected chi connectivity index (χ2v) is 5.25. The van der Waals surface area contributed by atoms with Crippen molar-refractivity contribution >= 4 is 11.7 Å². The maximum absolute atomic E-state index is 11.9. The van der Waals surface area contributed by atoms with Gasteiger partial charge in [0.05, 0.1) is 0 Å². The molecule has 126 valence electrons. The van der Waals surface area contributed by atoms with E-state index in [-0.39, 0.29) is 12.5 Å². The van der Waals surface area contributed by atoms with Crippen LogP contribution in [-0.2, 0) is 4.79 Å². The SMILES string of the molecule is Cc1cccnc1NC(=O)COc1ccc(Oc2ccccn2)cc1. The molecule has 25 heavy (non-hydrogen) atoms. The average Bonchev–Trinajstić information content (AvgIpc) is 2.64. The highest BCUT2D eigenvalue weighted by Crippen LogP contribution is 2.22. The first-order chi connectivity index (χ1) is 12.2. The molecule has 3 aromatic rings. The van der Waals surface area contributed by atoms with Crippen molar-refractivity contribution in [2.75, 3.05) is 11.9 Å². The fourth-order valence-corrected chi connectivity index (χ4v) is 2.07. The number of carbonyl (C=O) groups excluding carboxylic acids is 1. The summed E-state index contributed by atoms with van der Waals surface area (Å²) in [6.07, 6.45) is 3.29. The number of amides is 1. The maximum atomic E-state index is 11.9. The molecule has 0 saturated heterocycles. The van der Waals surface area contributed by atoms with Crippen molar-refractivity contribution in [3.63, 3.8) is 0 Å². The van der Waals surface area contributed by atoms with Crippen LogP contribution in [0.3, 0.4) is 0 Å². The molecule has 0 unspecified atom stereocenters. The molecule has 6 heteroatoms. The largest absolute Gasteiger partial charge is 0.484 e. The van der Waals surface area contributed by atoms with E-state index in [1.807, 2.05) is 31.2 Å². The van der Waals surface area contributed by atoms with E-state index < -0.39 is 0 Å². The minimum absolute atomic E-state index is 0.101. The van der Waals surface area contributed by atoms with Crippen LogP contribution in [0, 0.1) is 6.92 Å². The van der Waals surface area contributed by atoms with E-state index in [0.717, 1.165) is 5.56 Å².